The molecular weight excluding hydrogens is 341 g/mol. The fourth-order valence-electron chi connectivity index (χ4n) is 2.30. The summed E-state index contributed by atoms with van der Waals surface area (Å²) in [6.07, 6.45) is 2.98. The average molecular weight is 353 g/mol. The van der Waals surface area contributed by atoms with E-state index in [4.69, 9.17) is 4.52 Å². The molecule has 0 bridgehead atoms. The third-order valence-electron chi connectivity index (χ3n) is 3.67. The first-order valence-corrected chi connectivity index (χ1v) is 8.35. The van der Waals surface area contributed by atoms with Crippen molar-refractivity contribution in [1.29, 1.82) is 0 Å². The number of thiophene rings is 1. The Balaban J connectivity index is 1.71. The second kappa shape index (κ2) is 6.40. The molecule has 4 rings (SSSR count). The highest BCUT2D eigenvalue weighted by atomic mass is 32.1. The molecule has 4 aromatic rings. The van der Waals surface area contributed by atoms with E-state index < -0.39 is 0 Å². The highest BCUT2D eigenvalue weighted by Gasteiger charge is 2.16. The molecule has 6 nitrogen and oxygen atoms in total. The van der Waals surface area contributed by atoms with Crippen LogP contribution in [0.2, 0.25) is 0 Å². The quantitative estimate of drug-likeness (QED) is 0.584. The van der Waals surface area contributed by atoms with Gasteiger partial charge in [0.05, 0.1) is 0 Å². The van der Waals surface area contributed by atoms with Crippen molar-refractivity contribution in [2.45, 2.75) is 6.92 Å². The van der Waals surface area contributed by atoms with Gasteiger partial charge in [-0.15, -0.1) is 0 Å². The monoisotopic (exact) mass is 353 g/mol. The summed E-state index contributed by atoms with van der Waals surface area (Å²) in [5.74, 6) is 0.953. The van der Waals surface area contributed by atoms with E-state index in [-0.39, 0.29) is 5.82 Å². The van der Waals surface area contributed by atoms with Gasteiger partial charge in [0.25, 0.3) is 5.89 Å². The van der Waals surface area contributed by atoms with Crippen LogP contribution in [0, 0.1) is 12.7 Å². The number of anilines is 2. The van der Waals surface area contributed by atoms with Crippen LogP contribution in [0.15, 0.2) is 52.1 Å². The Morgan fingerprint density at radius 2 is 2.16 bits per heavy atom. The molecule has 25 heavy (non-hydrogen) atoms. The van der Waals surface area contributed by atoms with Gasteiger partial charge in [-0.3, -0.25) is 0 Å². The molecule has 0 aliphatic carbocycles. The van der Waals surface area contributed by atoms with Crippen molar-refractivity contribution < 1.29 is 8.91 Å². The highest BCUT2D eigenvalue weighted by molar-refractivity contribution is 7.08. The van der Waals surface area contributed by atoms with Gasteiger partial charge in [0.2, 0.25) is 5.82 Å². The van der Waals surface area contributed by atoms with Crippen molar-refractivity contribution in [3.8, 4) is 22.8 Å². The zero-order chi connectivity index (χ0) is 17.2. The van der Waals surface area contributed by atoms with Crippen molar-refractivity contribution in [2.75, 3.05) is 5.32 Å². The van der Waals surface area contributed by atoms with Gasteiger partial charge in [0, 0.05) is 28.4 Å². The molecular formula is C17H12FN5OS. The Morgan fingerprint density at radius 1 is 1.24 bits per heavy atom. The first-order valence-electron chi connectivity index (χ1n) is 7.41. The van der Waals surface area contributed by atoms with Crippen LogP contribution < -0.4 is 5.32 Å². The molecule has 0 amide bonds. The van der Waals surface area contributed by atoms with E-state index in [2.05, 4.69) is 25.4 Å². The summed E-state index contributed by atoms with van der Waals surface area (Å²) < 4.78 is 19.1. The molecule has 0 fully saturated rings. The lowest BCUT2D eigenvalue weighted by atomic mass is 10.2. The Bertz CT molecular complexity index is 1020. The lowest BCUT2D eigenvalue weighted by molar-refractivity contribution is 0.432. The van der Waals surface area contributed by atoms with E-state index in [1.807, 2.05) is 16.8 Å². The summed E-state index contributed by atoms with van der Waals surface area (Å²) in [4.78, 5) is 12.6. The Kier molecular flexibility index (Phi) is 3.95. The molecule has 0 saturated heterocycles. The first-order chi connectivity index (χ1) is 12.2. The highest BCUT2D eigenvalue weighted by Crippen LogP contribution is 2.30. The zero-order valence-electron chi connectivity index (χ0n) is 13.1. The van der Waals surface area contributed by atoms with Crippen LogP contribution in [0.25, 0.3) is 22.8 Å². The second-order valence-electron chi connectivity index (χ2n) is 5.26. The number of benzene rings is 1. The van der Waals surface area contributed by atoms with Crippen LogP contribution in [0.4, 0.5) is 15.9 Å². The molecule has 0 spiro atoms. The standard InChI is InChI=1S/C17H12FN5OS/c1-10-13(18)3-2-4-14(10)21-16-12(7-19-9-20-16)17-22-15(23-24-17)11-5-6-25-8-11/h2-9H,1H3,(H,19,20,21). The number of nitrogens with one attached hydrogen (secondary N) is 1. The van der Waals surface area contributed by atoms with E-state index in [9.17, 15) is 4.39 Å². The van der Waals surface area contributed by atoms with Gasteiger partial charge in [-0.05, 0) is 30.5 Å². The minimum atomic E-state index is -0.293. The van der Waals surface area contributed by atoms with Gasteiger partial charge in [-0.2, -0.15) is 16.3 Å². The number of nitrogens with zero attached hydrogens (tertiary/aromatic N) is 4. The van der Waals surface area contributed by atoms with E-state index in [0.717, 1.165) is 5.56 Å². The van der Waals surface area contributed by atoms with E-state index in [1.54, 1.807) is 36.6 Å². The number of aromatic nitrogens is 4. The third-order valence-corrected chi connectivity index (χ3v) is 4.35. The van der Waals surface area contributed by atoms with Gasteiger partial charge in [-0.1, -0.05) is 11.2 Å². The summed E-state index contributed by atoms with van der Waals surface area (Å²) in [5.41, 5.74) is 2.53. The third kappa shape index (κ3) is 2.99. The SMILES string of the molecule is Cc1c(F)cccc1Nc1ncncc1-c1nc(-c2ccsc2)no1. The molecule has 0 aliphatic rings. The summed E-state index contributed by atoms with van der Waals surface area (Å²) in [6, 6.07) is 6.73. The molecule has 0 radical (unpaired) electrons. The van der Waals surface area contributed by atoms with Crippen molar-refractivity contribution in [1.82, 2.24) is 20.1 Å². The number of hydrogen-bond acceptors (Lipinski definition) is 7. The number of hydrogen-bond donors (Lipinski definition) is 1. The average Bonchev–Trinajstić information content (AvgIpc) is 3.30. The van der Waals surface area contributed by atoms with Crippen molar-refractivity contribution >= 4 is 22.8 Å². The largest absolute Gasteiger partial charge is 0.339 e. The fraction of sp³-hybridized carbons (Fsp3) is 0.0588. The topological polar surface area (TPSA) is 76.7 Å². The number of rotatable bonds is 4. The van der Waals surface area contributed by atoms with Gasteiger partial charge < -0.3 is 9.84 Å². The Hall–Kier alpha value is -3.13. The molecule has 0 unspecified atom stereocenters. The Labute approximate surface area is 146 Å². The molecule has 124 valence electrons. The lowest BCUT2D eigenvalue weighted by Crippen LogP contribution is -2.00. The minimum Gasteiger partial charge on any atom is -0.339 e. The summed E-state index contributed by atoms with van der Waals surface area (Å²) in [5, 5.41) is 11.0. The van der Waals surface area contributed by atoms with Crippen LogP contribution in [-0.2, 0) is 0 Å². The normalized spacial score (nSPS) is 10.8. The molecule has 3 aromatic heterocycles. The van der Waals surface area contributed by atoms with Crippen LogP contribution in [-0.4, -0.2) is 20.1 Å². The maximum atomic E-state index is 13.8. The molecule has 8 heteroatoms. The van der Waals surface area contributed by atoms with E-state index in [1.165, 1.54) is 12.4 Å². The maximum Gasteiger partial charge on any atom is 0.263 e. The molecule has 1 N–H and O–H groups in total. The van der Waals surface area contributed by atoms with Crippen molar-refractivity contribution in [2.24, 2.45) is 0 Å². The molecule has 3 heterocycles. The Morgan fingerprint density at radius 3 is 3.00 bits per heavy atom. The van der Waals surface area contributed by atoms with E-state index >= 15 is 0 Å². The van der Waals surface area contributed by atoms with Gasteiger partial charge in [0.1, 0.15) is 23.5 Å². The predicted molar refractivity (Wildman–Crippen MR) is 93.1 cm³/mol. The van der Waals surface area contributed by atoms with Crippen molar-refractivity contribution in [3.05, 3.63) is 58.9 Å². The summed E-state index contributed by atoms with van der Waals surface area (Å²) in [7, 11) is 0. The summed E-state index contributed by atoms with van der Waals surface area (Å²) in [6.45, 7) is 1.69. The first kappa shape index (κ1) is 15.4. The van der Waals surface area contributed by atoms with Crippen molar-refractivity contribution in [3.63, 3.8) is 0 Å². The smallest absolute Gasteiger partial charge is 0.263 e. The predicted octanol–water partition coefficient (Wildman–Crippen LogP) is 4.45. The molecule has 1 aromatic carbocycles. The molecule has 0 atom stereocenters. The van der Waals surface area contributed by atoms with Gasteiger partial charge in [0.15, 0.2) is 0 Å². The lowest BCUT2D eigenvalue weighted by Gasteiger charge is -2.10. The zero-order valence-corrected chi connectivity index (χ0v) is 13.9. The second-order valence-corrected chi connectivity index (χ2v) is 6.04. The van der Waals surface area contributed by atoms with Crippen LogP contribution in [0.1, 0.15) is 5.56 Å². The van der Waals surface area contributed by atoms with Crippen LogP contribution in [0.3, 0.4) is 0 Å². The number of halogens is 1. The van der Waals surface area contributed by atoms with Crippen LogP contribution >= 0.6 is 11.3 Å². The van der Waals surface area contributed by atoms with Gasteiger partial charge in [-0.25, -0.2) is 14.4 Å². The fourth-order valence-corrected chi connectivity index (χ4v) is 2.93. The summed E-state index contributed by atoms with van der Waals surface area (Å²) >= 11 is 1.55. The maximum absolute atomic E-state index is 13.8. The van der Waals surface area contributed by atoms with Gasteiger partial charge >= 0.3 is 0 Å². The van der Waals surface area contributed by atoms with E-state index in [0.29, 0.717) is 34.3 Å². The van der Waals surface area contributed by atoms with Crippen LogP contribution in [0.5, 0.6) is 0 Å². The molecule has 0 saturated carbocycles. The minimum absolute atomic E-state index is 0.290. The molecule has 0 aliphatic heterocycles.